The number of hydrogen-bond acceptors (Lipinski definition) is 3. The van der Waals surface area contributed by atoms with Crippen molar-refractivity contribution in [3.05, 3.63) is 0 Å². The Labute approximate surface area is 92.9 Å². The van der Waals surface area contributed by atoms with Crippen molar-refractivity contribution in [2.45, 2.75) is 23.7 Å². The molecule has 0 aliphatic carbocycles. The minimum absolute atomic E-state index is 0.0871. The quantitative estimate of drug-likeness (QED) is 0.718. The van der Waals surface area contributed by atoms with Crippen molar-refractivity contribution in [1.82, 2.24) is 5.32 Å². The van der Waals surface area contributed by atoms with Crippen LogP contribution >= 0.6 is 23.2 Å². The summed E-state index contributed by atoms with van der Waals surface area (Å²) in [5.74, 6) is -0.577. The van der Waals surface area contributed by atoms with E-state index in [1.165, 1.54) is 6.92 Å². The first-order valence-electron chi connectivity index (χ1n) is 4.11. The van der Waals surface area contributed by atoms with E-state index < -0.39 is 26.6 Å². The van der Waals surface area contributed by atoms with E-state index in [0.717, 1.165) is 0 Å². The Morgan fingerprint density at radius 2 is 2.07 bits per heavy atom. The van der Waals surface area contributed by atoms with Gasteiger partial charge in [0.15, 0.2) is 9.84 Å². The lowest BCUT2D eigenvalue weighted by molar-refractivity contribution is -0.121. The molecule has 0 aromatic rings. The van der Waals surface area contributed by atoms with Crippen molar-refractivity contribution in [1.29, 1.82) is 0 Å². The molecule has 1 aliphatic rings. The van der Waals surface area contributed by atoms with Crippen LogP contribution in [0.2, 0.25) is 0 Å². The molecule has 0 aromatic carbocycles. The summed E-state index contributed by atoms with van der Waals surface area (Å²) in [6.07, 6.45) is 0. The predicted molar refractivity (Wildman–Crippen MR) is 55.5 cm³/mol. The Morgan fingerprint density at radius 3 is 2.43 bits per heavy atom. The number of carbonyl (C=O) groups excluding carboxylic acids is 1. The third kappa shape index (κ3) is 3.00. The molecule has 3 atom stereocenters. The zero-order valence-corrected chi connectivity index (χ0v) is 9.86. The molecule has 1 saturated heterocycles. The number of amides is 1. The summed E-state index contributed by atoms with van der Waals surface area (Å²) in [5.41, 5.74) is 0. The van der Waals surface area contributed by atoms with Gasteiger partial charge in [-0.2, -0.15) is 0 Å². The molecule has 7 heteroatoms. The SMILES string of the molecule is CC(Cl)C(=O)NC1CS(=O)(=O)CC1Cl. The normalized spacial score (nSPS) is 32.5. The van der Waals surface area contributed by atoms with E-state index in [1.807, 2.05) is 0 Å². The number of sulfone groups is 1. The second-order valence-electron chi connectivity index (χ2n) is 3.32. The topological polar surface area (TPSA) is 63.2 Å². The summed E-state index contributed by atoms with van der Waals surface area (Å²) in [6, 6.07) is -0.518. The summed E-state index contributed by atoms with van der Waals surface area (Å²) in [6.45, 7) is 1.52. The molecule has 0 radical (unpaired) electrons. The molecule has 1 N–H and O–H groups in total. The Kier molecular flexibility index (Phi) is 3.66. The first-order chi connectivity index (χ1) is 6.32. The van der Waals surface area contributed by atoms with Gasteiger partial charge in [-0.15, -0.1) is 23.2 Å². The summed E-state index contributed by atoms with van der Waals surface area (Å²) in [7, 11) is -3.11. The van der Waals surface area contributed by atoms with E-state index in [9.17, 15) is 13.2 Å². The molecule has 0 spiro atoms. The Bertz CT molecular complexity index is 328. The van der Waals surface area contributed by atoms with Gasteiger partial charge in [0, 0.05) is 0 Å². The third-order valence-electron chi connectivity index (χ3n) is 1.97. The van der Waals surface area contributed by atoms with Crippen LogP contribution in [0.1, 0.15) is 6.92 Å². The lowest BCUT2D eigenvalue weighted by Gasteiger charge is -2.14. The number of rotatable bonds is 2. The molecule has 1 amide bonds. The molecule has 3 unspecified atom stereocenters. The fourth-order valence-electron chi connectivity index (χ4n) is 1.23. The molecule has 1 heterocycles. The fourth-order valence-corrected chi connectivity index (χ4v) is 3.85. The van der Waals surface area contributed by atoms with Crippen molar-refractivity contribution in [2.24, 2.45) is 0 Å². The van der Waals surface area contributed by atoms with Crippen LogP contribution < -0.4 is 5.32 Å². The molecule has 4 nitrogen and oxygen atoms in total. The lowest BCUT2D eigenvalue weighted by Crippen LogP contribution is -2.43. The molecular weight excluding hydrogens is 249 g/mol. The molecule has 0 bridgehead atoms. The second kappa shape index (κ2) is 4.24. The number of hydrogen-bond donors (Lipinski definition) is 1. The van der Waals surface area contributed by atoms with Gasteiger partial charge < -0.3 is 5.32 Å². The van der Waals surface area contributed by atoms with Gasteiger partial charge in [0.2, 0.25) is 5.91 Å². The van der Waals surface area contributed by atoms with Crippen LogP contribution in [0.4, 0.5) is 0 Å². The average Bonchev–Trinajstić information content (AvgIpc) is 2.24. The van der Waals surface area contributed by atoms with Gasteiger partial charge in [-0.3, -0.25) is 4.79 Å². The molecule has 14 heavy (non-hydrogen) atoms. The molecule has 1 fully saturated rings. The highest BCUT2D eigenvalue weighted by Crippen LogP contribution is 2.18. The fraction of sp³-hybridized carbons (Fsp3) is 0.857. The van der Waals surface area contributed by atoms with Crippen LogP contribution in [0.15, 0.2) is 0 Å². The van der Waals surface area contributed by atoms with Crippen molar-refractivity contribution in [3.8, 4) is 0 Å². The predicted octanol–water partition coefficient (Wildman–Crippen LogP) is 0.134. The van der Waals surface area contributed by atoms with Gasteiger partial charge in [0.1, 0.15) is 5.38 Å². The van der Waals surface area contributed by atoms with Crippen LogP contribution in [0.25, 0.3) is 0 Å². The lowest BCUT2D eigenvalue weighted by atomic mass is 10.2. The Morgan fingerprint density at radius 1 is 1.50 bits per heavy atom. The van der Waals surface area contributed by atoms with Gasteiger partial charge >= 0.3 is 0 Å². The molecule has 1 rings (SSSR count). The molecule has 0 saturated carbocycles. The standard InChI is InChI=1S/C7H11Cl2NO3S/c1-4(8)7(11)10-6-3-14(12,13)2-5(6)9/h4-6H,2-3H2,1H3,(H,10,11). The summed E-state index contributed by atoms with van der Waals surface area (Å²) in [5, 5.41) is 1.27. The van der Waals surface area contributed by atoms with Gasteiger partial charge in [-0.25, -0.2) is 8.42 Å². The monoisotopic (exact) mass is 259 g/mol. The molecule has 0 aromatic heterocycles. The molecule has 82 valence electrons. The van der Waals surface area contributed by atoms with Gasteiger partial charge in [0.25, 0.3) is 0 Å². The second-order valence-corrected chi connectivity index (χ2v) is 6.69. The van der Waals surface area contributed by atoms with Crippen LogP contribution in [0, 0.1) is 0 Å². The largest absolute Gasteiger partial charge is 0.350 e. The first kappa shape index (κ1) is 12.1. The summed E-state index contributed by atoms with van der Waals surface area (Å²) < 4.78 is 22.3. The minimum atomic E-state index is -3.11. The molecule has 1 aliphatic heterocycles. The van der Waals surface area contributed by atoms with E-state index in [0.29, 0.717) is 0 Å². The van der Waals surface area contributed by atoms with E-state index in [2.05, 4.69) is 5.32 Å². The number of carbonyl (C=O) groups is 1. The van der Waals surface area contributed by atoms with Crippen LogP contribution in [0.3, 0.4) is 0 Å². The van der Waals surface area contributed by atoms with E-state index >= 15 is 0 Å². The molecular formula is C7H11Cl2NO3S. The van der Waals surface area contributed by atoms with Crippen molar-refractivity contribution >= 4 is 38.9 Å². The smallest absolute Gasteiger partial charge is 0.238 e. The maximum Gasteiger partial charge on any atom is 0.238 e. The van der Waals surface area contributed by atoms with Gasteiger partial charge in [-0.05, 0) is 6.92 Å². The van der Waals surface area contributed by atoms with Crippen molar-refractivity contribution in [2.75, 3.05) is 11.5 Å². The van der Waals surface area contributed by atoms with Crippen molar-refractivity contribution < 1.29 is 13.2 Å². The highest BCUT2D eigenvalue weighted by molar-refractivity contribution is 7.91. The van der Waals surface area contributed by atoms with Crippen LogP contribution in [-0.2, 0) is 14.6 Å². The number of alkyl halides is 2. The highest BCUT2D eigenvalue weighted by Gasteiger charge is 2.37. The van der Waals surface area contributed by atoms with Crippen LogP contribution in [-0.4, -0.2) is 42.6 Å². The summed E-state index contributed by atoms with van der Waals surface area (Å²) in [4.78, 5) is 11.2. The summed E-state index contributed by atoms with van der Waals surface area (Å²) >= 11 is 11.3. The zero-order chi connectivity index (χ0) is 10.9. The van der Waals surface area contributed by atoms with Gasteiger partial charge in [0.05, 0.1) is 22.9 Å². The maximum atomic E-state index is 11.2. The van der Waals surface area contributed by atoms with Crippen molar-refractivity contribution in [3.63, 3.8) is 0 Å². The van der Waals surface area contributed by atoms with E-state index in [-0.39, 0.29) is 17.4 Å². The average molecular weight is 260 g/mol. The van der Waals surface area contributed by atoms with Crippen LogP contribution in [0.5, 0.6) is 0 Å². The van der Waals surface area contributed by atoms with Gasteiger partial charge in [-0.1, -0.05) is 0 Å². The number of nitrogens with one attached hydrogen (secondary N) is 1. The van der Waals surface area contributed by atoms with E-state index in [1.54, 1.807) is 0 Å². The third-order valence-corrected chi connectivity index (χ3v) is 4.55. The highest BCUT2D eigenvalue weighted by atomic mass is 35.5. The Balaban J connectivity index is 2.60. The number of halogens is 2. The Hall–Kier alpha value is -0.000000000000000111. The van der Waals surface area contributed by atoms with E-state index in [4.69, 9.17) is 23.2 Å². The zero-order valence-electron chi connectivity index (χ0n) is 7.54. The maximum absolute atomic E-state index is 11.2. The first-order valence-corrected chi connectivity index (χ1v) is 6.80. The minimum Gasteiger partial charge on any atom is -0.350 e.